The summed E-state index contributed by atoms with van der Waals surface area (Å²) < 4.78 is 0. The lowest BCUT2D eigenvalue weighted by Gasteiger charge is -2.29. The van der Waals surface area contributed by atoms with Crippen LogP contribution in [-0.2, 0) is 0 Å². The fourth-order valence-electron chi connectivity index (χ4n) is 2.44. The number of pyridine rings is 1. The molecule has 6 heteroatoms. The minimum absolute atomic E-state index is 0.116. The lowest BCUT2D eigenvalue weighted by molar-refractivity contribution is -0.389. The quantitative estimate of drug-likeness (QED) is 0.652. The van der Waals surface area contributed by atoms with Gasteiger partial charge in [-0.3, -0.25) is 0 Å². The maximum absolute atomic E-state index is 10.5. The van der Waals surface area contributed by atoms with Crippen LogP contribution in [0, 0.1) is 10.1 Å². The standard InChI is InChI=1S/C13H20N4O2/c1-11(10-16-7-3-2-4-8-16)15-12-5-6-13(14-9-12)17(18)19/h5-6,9,11,15H,2-4,7-8,10H2,1H3. The highest BCUT2D eigenvalue weighted by atomic mass is 16.6. The van der Waals surface area contributed by atoms with Gasteiger partial charge < -0.3 is 20.3 Å². The first kappa shape index (κ1) is 13.7. The number of aromatic nitrogens is 1. The summed E-state index contributed by atoms with van der Waals surface area (Å²) in [6, 6.07) is 3.44. The Hall–Kier alpha value is -1.69. The Bertz CT molecular complexity index is 415. The second kappa shape index (κ2) is 6.47. The lowest BCUT2D eigenvalue weighted by Crippen LogP contribution is -2.38. The topological polar surface area (TPSA) is 71.3 Å². The molecule has 0 spiro atoms. The first-order valence-corrected chi connectivity index (χ1v) is 6.74. The van der Waals surface area contributed by atoms with Crippen LogP contribution in [0.15, 0.2) is 18.3 Å². The lowest BCUT2D eigenvalue weighted by atomic mass is 10.1. The average molecular weight is 264 g/mol. The zero-order chi connectivity index (χ0) is 13.7. The van der Waals surface area contributed by atoms with Gasteiger partial charge in [-0.15, -0.1) is 0 Å². The molecule has 1 unspecified atom stereocenters. The first-order chi connectivity index (χ1) is 9.15. The molecule has 1 aliphatic rings. The number of hydrogen-bond donors (Lipinski definition) is 1. The minimum Gasteiger partial charge on any atom is -0.378 e. The van der Waals surface area contributed by atoms with Gasteiger partial charge in [0.2, 0.25) is 0 Å². The van der Waals surface area contributed by atoms with Crippen molar-refractivity contribution in [3.8, 4) is 0 Å². The molecule has 0 bridgehead atoms. The van der Waals surface area contributed by atoms with E-state index in [9.17, 15) is 10.1 Å². The van der Waals surface area contributed by atoms with Gasteiger partial charge >= 0.3 is 5.82 Å². The van der Waals surface area contributed by atoms with Crippen LogP contribution >= 0.6 is 0 Å². The van der Waals surface area contributed by atoms with Gasteiger partial charge in [-0.1, -0.05) is 6.42 Å². The maximum Gasteiger partial charge on any atom is 0.363 e. The van der Waals surface area contributed by atoms with E-state index in [2.05, 4.69) is 22.1 Å². The third kappa shape index (κ3) is 4.17. The molecule has 0 saturated carbocycles. The third-order valence-electron chi connectivity index (χ3n) is 3.33. The molecule has 1 aromatic rings. The fraction of sp³-hybridized carbons (Fsp3) is 0.615. The molecular weight excluding hydrogens is 244 g/mol. The molecule has 1 atom stereocenters. The van der Waals surface area contributed by atoms with Crippen molar-refractivity contribution in [1.29, 1.82) is 0 Å². The van der Waals surface area contributed by atoms with Gasteiger partial charge in [0, 0.05) is 18.7 Å². The molecule has 1 fully saturated rings. The van der Waals surface area contributed by atoms with E-state index in [-0.39, 0.29) is 5.82 Å². The highest BCUT2D eigenvalue weighted by molar-refractivity contribution is 5.44. The summed E-state index contributed by atoms with van der Waals surface area (Å²) in [6.45, 7) is 5.46. The van der Waals surface area contributed by atoms with Crippen LogP contribution in [0.4, 0.5) is 11.5 Å². The summed E-state index contributed by atoms with van der Waals surface area (Å²) >= 11 is 0. The largest absolute Gasteiger partial charge is 0.378 e. The van der Waals surface area contributed by atoms with Crippen LogP contribution in [-0.4, -0.2) is 40.5 Å². The summed E-state index contributed by atoms with van der Waals surface area (Å²) in [5.41, 5.74) is 0.829. The van der Waals surface area contributed by atoms with E-state index in [0.29, 0.717) is 6.04 Å². The van der Waals surface area contributed by atoms with E-state index in [0.717, 1.165) is 12.2 Å². The van der Waals surface area contributed by atoms with Crippen molar-refractivity contribution in [1.82, 2.24) is 9.88 Å². The van der Waals surface area contributed by atoms with Gasteiger partial charge in [0.05, 0.1) is 5.69 Å². The number of rotatable bonds is 5. The Labute approximate surface area is 113 Å². The molecule has 6 nitrogen and oxygen atoms in total. The molecule has 1 saturated heterocycles. The number of hydrogen-bond acceptors (Lipinski definition) is 5. The van der Waals surface area contributed by atoms with Crippen molar-refractivity contribution in [3.63, 3.8) is 0 Å². The Morgan fingerprint density at radius 2 is 2.16 bits per heavy atom. The molecular formula is C13H20N4O2. The molecule has 2 heterocycles. The van der Waals surface area contributed by atoms with Crippen LogP contribution in [0.1, 0.15) is 26.2 Å². The summed E-state index contributed by atoms with van der Waals surface area (Å²) in [5, 5.41) is 13.8. The van der Waals surface area contributed by atoms with Crippen LogP contribution in [0.25, 0.3) is 0 Å². The Morgan fingerprint density at radius 3 is 2.74 bits per heavy atom. The smallest absolute Gasteiger partial charge is 0.363 e. The molecule has 0 amide bonds. The number of piperidine rings is 1. The summed E-state index contributed by atoms with van der Waals surface area (Å²) in [4.78, 5) is 16.3. The molecule has 2 rings (SSSR count). The summed E-state index contributed by atoms with van der Waals surface area (Å²) in [7, 11) is 0. The molecule has 0 radical (unpaired) electrons. The fourth-order valence-corrected chi connectivity index (χ4v) is 2.44. The molecule has 0 aromatic carbocycles. The van der Waals surface area contributed by atoms with Crippen LogP contribution < -0.4 is 5.32 Å². The Morgan fingerprint density at radius 1 is 1.42 bits per heavy atom. The first-order valence-electron chi connectivity index (χ1n) is 6.74. The van der Waals surface area contributed by atoms with E-state index in [1.807, 2.05) is 0 Å². The summed E-state index contributed by atoms with van der Waals surface area (Å²) in [6.07, 6.45) is 5.42. The van der Waals surface area contributed by atoms with Crippen molar-refractivity contribution >= 4 is 11.5 Å². The van der Waals surface area contributed by atoms with E-state index in [1.165, 1.54) is 44.6 Å². The minimum atomic E-state index is -0.485. The Kier molecular flexibility index (Phi) is 4.68. The highest BCUT2D eigenvalue weighted by Gasteiger charge is 2.14. The van der Waals surface area contributed by atoms with Crippen molar-refractivity contribution < 1.29 is 4.92 Å². The third-order valence-corrected chi connectivity index (χ3v) is 3.33. The predicted molar refractivity (Wildman–Crippen MR) is 74.3 cm³/mol. The summed E-state index contributed by atoms with van der Waals surface area (Å²) in [5.74, 6) is -0.116. The number of nitrogens with one attached hydrogen (secondary N) is 1. The van der Waals surface area contributed by atoms with E-state index in [1.54, 1.807) is 6.07 Å². The van der Waals surface area contributed by atoms with Gasteiger partial charge in [-0.2, -0.15) is 0 Å². The normalized spacial score (nSPS) is 17.9. The number of nitro groups is 1. The van der Waals surface area contributed by atoms with E-state index >= 15 is 0 Å². The highest BCUT2D eigenvalue weighted by Crippen LogP contribution is 2.14. The van der Waals surface area contributed by atoms with Gasteiger partial charge in [0.1, 0.15) is 0 Å². The molecule has 1 aromatic heterocycles. The van der Waals surface area contributed by atoms with Crippen molar-refractivity contribution in [2.75, 3.05) is 25.0 Å². The number of likely N-dealkylation sites (tertiary alicyclic amines) is 1. The maximum atomic E-state index is 10.5. The predicted octanol–water partition coefficient (Wildman–Crippen LogP) is 2.28. The van der Waals surface area contributed by atoms with Gasteiger partial charge in [0.15, 0.2) is 6.20 Å². The number of nitrogens with zero attached hydrogens (tertiary/aromatic N) is 3. The SMILES string of the molecule is CC(CN1CCCCC1)Nc1ccc([N+](=O)[O-])nc1. The van der Waals surface area contributed by atoms with Crippen molar-refractivity contribution in [2.24, 2.45) is 0 Å². The van der Waals surface area contributed by atoms with Gasteiger partial charge in [-0.25, -0.2) is 0 Å². The molecule has 1 aliphatic heterocycles. The average Bonchev–Trinajstić information content (AvgIpc) is 2.40. The van der Waals surface area contributed by atoms with E-state index in [4.69, 9.17) is 0 Å². The van der Waals surface area contributed by atoms with Crippen LogP contribution in [0.2, 0.25) is 0 Å². The zero-order valence-corrected chi connectivity index (χ0v) is 11.2. The second-order valence-electron chi connectivity index (χ2n) is 5.07. The van der Waals surface area contributed by atoms with E-state index < -0.39 is 4.92 Å². The molecule has 19 heavy (non-hydrogen) atoms. The molecule has 104 valence electrons. The van der Waals surface area contributed by atoms with Gasteiger partial charge in [-0.05, 0) is 48.8 Å². The van der Waals surface area contributed by atoms with Crippen LogP contribution in [0.3, 0.4) is 0 Å². The molecule has 0 aliphatic carbocycles. The monoisotopic (exact) mass is 264 g/mol. The van der Waals surface area contributed by atoms with Crippen molar-refractivity contribution in [3.05, 3.63) is 28.4 Å². The van der Waals surface area contributed by atoms with Crippen molar-refractivity contribution in [2.45, 2.75) is 32.2 Å². The zero-order valence-electron chi connectivity index (χ0n) is 11.2. The molecule has 1 N–H and O–H groups in total. The van der Waals surface area contributed by atoms with Gasteiger partial charge in [0.25, 0.3) is 0 Å². The second-order valence-corrected chi connectivity index (χ2v) is 5.07. The number of anilines is 1. The Balaban J connectivity index is 1.83. The van der Waals surface area contributed by atoms with Crippen LogP contribution in [0.5, 0.6) is 0 Å².